The van der Waals surface area contributed by atoms with Gasteiger partial charge in [0.2, 0.25) is 0 Å². The lowest BCUT2D eigenvalue weighted by Crippen LogP contribution is -2.42. The van der Waals surface area contributed by atoms with Gasteiger partial charge in [0.25, 0.3) is 6.43 Å². The van der Waals surface area contributed by atoms with Gasteiger partial charge in [0.05, 0.1) is 11.8 Å². The topological polar surface area (TPSA) is 82.9 Å². The number of nitrogens with one attached hydrogen (secondary N) is 1. The van der Waals surface area contributed by atoms with Gasteiger partial charge in [-0.3, -0.25) is 4.68 Å². The van der Waals surface area contributed by atoms with Crippen LogP contribution in [-0.4, -0.2) is 65.0 Å². The number of piperidine rings is 1. The Labute approximate surface area is 279 Å². The fraction of sp³-hybridized carbons (Fsp3) is 0.378. The molecule has 2 amide bonds. The van der Waals surface area contributed by atoms with Crippen molar-refractivity contribution in [3.8, 4) is 11.1 Å². The molecule has 250 valence electrons. The van der Waals surface area contributed by atoms with Crippen LogP contribution >= 0.6 is 0 Å². The molecule has 1 fully saturated rings. The molecule has 3 aromatic carbocycles. The van der Waals surface area contributed by atoms with Crippen LogP contribution in [0.15, 0.2) is 67.0 Å². The Morgan fingerprint density at radius 2 is 1.75 bits per heavy atom. The number of hydrogen-bond acceptors (Lipinski definition) is 6. The van der Waals surface area contributed by atoms with Crippen LogP contribution in [0, 0.1) is 0 Å². The Morgan fingerprint density at radius 1 is 0.958 bits per heavy atom. The van der Waals surface area contributed by atoms with E-state index < -0.39 is 6.43 Å². The second-order valence-electron chi connectivity index (χ2n) is 12.9. The van der Waals surface area contributed by atoms with Crippen molar-refractivity contribution in [2.24, 2.45) is 7.05 Å². The van der Waals surface area contributed by atoms with Crippen molar-refractivity contribution >= 4 is 23.4 Å². The zero-order valence-electron chi connectivity index (χ0n) is 27.3. The molecule has 0 spiro atoms. The first kappa shape index (κ1) is 31.8. The largest absolute Gasteiger partial charge is 0.364 e. The minimum absolute atomic E-state index is 0.0110. The van der Waals surface area contributed by atoms with Crippen molar-refractivity contribution in [1.82, 2.24) is 25.1 Å². The molecule has 0 bridgehead atoms. The van der Waals surface area contributed by atoms with Crippen molar-refractivity contribution in [1.29, 1.82) is 0 Å². The maximum atomic E-state index is 14.7. The Balaban J connectivity index is 1.22. The summed E-state index contributed by atoms with van der Waals surface area (Å²) >= 11 is 0. The maximum absolute atomic E-state index is 14.7. The summed E-state index contributed by atoms with van der Waals surface area (Å²) in [5, 5.41) is 8.73. The van der Waals surface area contributed by atoms with Crippen molar-refractivity contribution in [3.05, 3.63) is 100 Å². The number of fused-ring (bicyclic) bond motifs is 2. The number of alkyl halides is 2. The van der Waals surface area contributed by atoms with Crippen molar-refractivity contribution in [3.63, 3.8) is 0 Å². The molecule has 11 heteroatoms. The molecule has 3 aliphatic rings. The van der Waals surface area contributed by atoms with Crippen molar-refractivity contribution in [2.75, 3.05) is 38.1 Å². The number of nitrogens with zero attached hydrogens (tertiary/aromatic N) is 5. The van der Waals surface area contributed by atoms with Gasteiger partial charge in [0, 0.05) is 75.5 Å². The van der Waals surface area contributed by atoms with Gasteiger partial charge in [-0.2, -0.15) is 5.10 Å². The van der Waals surface area contributed by atoms with Gasteiger partial charge in [0.15, 0.2) is 0 Å². The molecule has 48 heavy (non-hydrogen) atoms. The van der Waals surface area contributed by atoms with Crippen molar-refractivity contribution < 1.29 is 23.2 Å². The lowest BCUT2D eigenvalue weighted by molar-refractivity contribution is -0.121. The molecule has 1 N–H and O–H groups in total. The first-order valence-corrected chi connectivity index (χ1v) is 16.6. The van der Waals surface area contributed by atoms with E-state index >= 15 is 0 Å². The number of hydrogen-bond donors (Lipinski definition) is 1. The standard InChI is InChI=1S/C37H40F2N6O3/c1-40-37(47)43-14-10-26-17-28(24-11-15-44(16-12-24)48-36(46)25-7-4-3-5-8-25)19-34(32(26)23-43)45-13-6-9-27-18-30(29-21-41-42(2)22-29)31(35(38)39)20-33(27)45/h3-5,7-8,17-22,24,35H,6,9-16,23H2,1-2H3,(H,40,47). The average molecular weight is 655 g/mol. The highest BCUT2D eigenvalue weighted by molar-refractivity contribution is 5.89. The number of aromatic nitrogens is 2. The molecule has 0 atom stereocenters. The monoisotopic (exact) mass is 654 g/mol. The number of urea groups is 1. The van der Waals surface area contributed by atoms with E-state index in [4.69, 9.17) is 4.84 Å². The number of carbonyl (C=O) groups excluding carboxylic acids is 2. The predicted molar refractivity (Wildman–Crippen MR) is 179 cm³/mol. The summed E-state index contributed by atoms with van der Waals surface area (Å²) in [5.41, 5.74) is 7.94. The Bertz CT molecular complexity index is 1820. The van der Waals surface area contributed by atoms with Gasteiger partial charge in [-0.1, -0.05) is 24.3 Å². The zero-order chi connectivity index (χ0) is 33.4. The molecule has 4 heterocycles. The van der Waals surface area contributed by atoms with E-state index in [1.165, 1.54) is 11.1 Å². The van der Waals surface area contributed by atoms with E-state index in [-0.39, 0.29) is 23.5 Å². The van der Waals surface area contributed by atoms with E-state index in [1.54, 1.807) is 54.4 Å². The van der Waals surface area contributed by atoms with E-state index in [2.05, 4.69) is 27.4 Å². The van der Waals surface area contributed by atoms with Crippen LogP contribution in [0.1, 0.15) is 69.8 Å². The molecular formula is C37H40F2N6O3. The molecule has 1 saturated heterocycles. The Hall–Kier alpha value is -4.77. The molecule has 0 radical (unpaired) electrons. The minimum Gasteiger partial charge on any atom is -0.364 e. The number of anilines is 2. The van der Waals surface area contributed by atoms with Gasteiger partial charge < -0.3 is 20.0 Å². The highest BCUT2D eigenvalue weighted by Gasteiger charge is 2.32. The van der Waals surface area contributed by atoms with Gasteiger partial charge in [-0.15, -0.1) is 5.06 Å². The SMILES string of the molecule is CNC(=O)N1CCc2cc(C3CCN(OC(=O)c4ccccc4)CC3)cc(N3CCCc4cc(-c5cnn(C)c5)c(C(F)F)cc43)c2C1. The molecule has 0 saturated carbocycles. The summed E-state index contributed by atoms with van der Waals surface area (Å²) in [6.07, 6.45) is 4.74. The zero-order valence-corrected chi connectivity index (χ0v) is 27.3. The van der Waals surface area contributed by atoms with E-state index in [1.807, 2.05) is 29.2 Å². The van der Waals surface area contributed by atoms with Gasteiger partial charge in [0.1, 0.15) is 0 Å². The van der Waals surface area contributed by atoms with E-state index in [0.29, 0.717) is 55.8 Å². The highest BCUT2D eigenvalue weighted by atomic mass is 19.3. The highest BCUT2D eigenvalue weighted by Crippen LogP contribution is 2.45. The molecule has 0 aliphatic carbocycles. The molecule has 3 aliphatic heterocycles. The number of aryl methyl sites for hydroxylation is 2. The first-order chi connectivity index (χ1) is 23.3. The van der Waals surface area contributed by atoms with Crippen LogP contribution in [0.2, 0.25) is 0 Å². The number of rotatable bonds is 6. The summed E-state index contributed by atoms with van der Waals surface area (Å²) in [5.74, 6) is -0.115. The summed E-state index contributed by atoms with van der Waals surface area (Å²) in [6.45, 7) is 2.96. The minimum atomic E-state index is -2.65. The molecule has 1 aromatic heterocycles. The first-order valence-electron chi connectivity index (χ1n) is 16.6. The number of hydroxylamine groups is 2. The molecule has 4 aromatic rings. The van der Waals surface area contributed by atoms with Crippen LogP contribution in [0.25, 0.3) is 11.1 Å². The number of benzene rings is 3. The third-order valence-corrected chi connectivity index (χ3v) is 9.90. The van der Waals surface area contributed by atoms with Crippen molar-refractivity contribution in [2.45, 2.75) is 51.0 Å². The number of carbonyl (C=O) groups is 2. The quantitative estimate of drug-likeness (QED) is 0.248. The molecule has 0 unspecified atom stereocenters. The third kappa shape index (κ3) is 6.26. The maximum Gasteiger partial charge on any atom is 0.357 e. The summed E-state index contributed by atoms with van der Waals surface area (Å²) in [7, 11) is 3.42. The normalized spacial score (nSPS) is 16.9. The number of halogens is 2. The van der Waals surface area contributed by atoms with Crippen LogP contribution in [0.4, 0.5) is 25.0 Å². The van der Waals surface area contributed by atoms with Gasteiger partial charge in [-0.25, -0.2) is 18.4 Å². The lowest BCUT2D eigenvalue weighted by atomic mass is 9.85. The second-order valence-corrected chi connectivity index (χ2v) is 12.9. The fourth-order valence-electron chi connectivity index (χ4n) is 7.39. The molecule has 7 rings (SSSR count). The second kappa shape index (κ2) is 13.4. The Kier molecular flexibility index (Phi) is 8.87. The van der Waals surface area contributed by atoms with Gasteiger partial charge in [-0.05, 0) is 96.2 Å². The average Bonchev–Trinajstić information content (AvgIpc) is 3.56. The van der Waals surface area contributed by atoms with Crippen LogP contribution < -0.4 is 10.2 Å². The van der Waals surface area contributed by atoms with E-state index in [9.17, 15) is 18.4 Å². The predicted octanol–water partition coefficient (Wildman–Crippen LogP) is 6.76. The smallest absolute Gasteiger partial charge is 0.357 e. The Morgan fingerprint density at radius 3 is 2.46 bits per heavy atom. The van der Waals surface area contributed by atoms with Crippen LogP contribution in [0.5, 0.6) is 0 Å². The van der Waals surface area contributed by atoms with E-state index in [0.717, 1.165) is 48.2 Å². The number of amides is 2. The van der Waals surface area contributed by atoms with Gasteiger partial charge >= 0.3 is 12.0 Å². The molecule has 9 nitrogen and oxygen atoms in total. The fourth-order valence-corrected chi connectivity index (χ4v) is 7.39. The van der Waals surface area contributed by atoms with Crippen LogP contribution in [0.3, 0.4) is 0 Å². The summed E-state index contributed by atoms with van der Waals surface area (Å²) in [4.78, 5) is 35.1. The molecular weight excluding hydrogens is 614 g/mol. The summed E-state index contributed by atoms with van der Waals surface area (Å²) < 4.78 is 30.9. The lowest BCUT2D eigenvalue weighted by Gasteiger charge is -2.38. The summed E-state index contributed by atoms with van der Waals surface area (Å²) in [6, 6.07) is 16.9. The third-order valence-electron chi connectivity index (χ3n) is 9.90. The van der Waals surface area contributed by atoms with Crippen LogP contribution in [-0.2, 0) is 31.3 Å².